The Morgan fingerprint density at radius 2 is 1.92 bits per heavy atom. The van der Waals surface area contributed by atoms with E-state index in [1.54, 1.807) is 42.6 Å². The van der Waals surface area contributed by atoms with Crippen LogP contribution in [0.1, 0.15) is 20.9 Å². The molecular formula is C16H12N4O3S. The molecule has 0 aliphatic heterocycles. The minimum atomic E-state index is -0.517. The number of aromatic nitrogens is 4. The van der Waals surface area contributed by atoms with Gasteiger partial charge in [-0.3, -0.25) is 23.5 Å². The molecule has 0 atom stereocenters. The third kappa shape index (κ3) is 1.89. The molecule has 120 valence electrons. The Bertz CT molecular complexity index is 1230. The van der Waals surface area contributed by atoms with Crippen molar-refractivity contribution in [2.75, 3.05) is 0 Å². The SMILES string of the molecule is Cc1c(C(=O)c2ccccc2)sc2nc3c(c(=O)[nH]c(=O)n3C)n12. The molecule has 3 heterocycles. The highest BCUT2D eigenvalue weighted by molar-refractivity contribution is 7.19. The Morgan fingerprint density at radius 3 is 2.62 bits per heavy atom. The van der Waals surface area contributed by atoms with E-state index in [1.165, 1.54) is 15.9 Å². The Morgan fingerprint density at radius 1 is 1.21 bits per heavy atom. The summed E-state index contributed by atoms with van der Waals surface area (Å²) < 4.78 is 2.92. The predicted octanol–water partition coefficient (Wildman–Crippen LogP) is 1.48. The number of imidazole rings is 1. The van der Waals surface area contributed by atoms with E-state index in [4.69, 9.17) is 0 Å². The monoisotopic (exact) mass is 340 g/mol. The van der Waals surface area contributed by atoms with Crippen molar-refractivity contribution in [2.24, 2.45) is 7.05 Å². The molecule has 4 rings (SSSR count). The van der Waals surface area contributed by atoms with E-state index in [9.17, 15) is 14.4 Å². The second-order valence-electron chi connectivity index (χ2n) is 5.43. The number of thiazole rings is 1. The Hall–Kier alpha value is -3.00. The van der Waals surface area contributed by atoms with Crippen LogP contribution >= 0.6 is 11.3 Å². The van der Waals surface area contributed by atoms with Crippen LogP contribution in [0.3, 0.4) is 0 Å². The first-order chi connectivity index (χ1) is 11.5. The number of fused-ring (bicyclic) bond motifs is 3. The van der Waals surface area contributed by atoms with Gasteiger partial charge in [0.25, 0.3) is 5.56 Å². The van der Waals surface area contributed by atoms with Gasteiger partial charge in [-0.05, 0) is 6.92 Å². The minimum Gasteiger partial charge on any atom is -0.288 e. The van der Waals surface area contributed by atoms with E-state index in [1.807, 2.05) is 6.07 Å². The Balaban J connectivity index is 2.04. The average molecular weight is 340 g/mol. The van der Waals surface area contributed by atoms with Gasteiger partial charge in [-0.1, -0.05) is 41.7 Å². The zero-order valence-corrected chi connectivity index (χ0v) is 13.7. The molecule has 0 amide bonds. The van der Waals surface area contributed by atoms with Crippen molar-refractivity contribution in [1.29, 1.82) is 0 Å². The van der Waals surface area contributed by atoms with Crippen LogP contribution in [0.4, 0.5) is 0 Å². The van der Waals surface area contributed by atoms with Crippen molar-refractivity contribution in [1.82, 2.24) is 18.9 Å². The maximum absolute atomic E-state index is 12.7. The number of carbonyl (C=O) groups excluding carboxylic acids is 1. The maximum atomic E-state index is 12.7. The lowest BCUT2D eigenvalue weighted by atomic mass is 10.1. The van der Waals surface area contributed by atoms with Gasteiger partial charge in [-0.25, -0.2) is 9.78 Å². The molecule has 8 heteroatoms. The average Bonchev–Trinajstić information content (AvgIpc) is 3.10. The molecule has 7 nitrogen and oxygen atoms in total. The molecule has 0 unspecified atom stereocenters. The van der Waals surface area contributed by atoms with E-state index in [0.717, 1.165) is 0 Å². The van der Waals surface area contributed by atoms with Crippen LogP contribution in [0.5, 0.6) is 0 Å². The zero-order chi connectivity index (χ0) is 17.0. The van der Waals surface area contributed by atoms with Gasteiger partial charge in [0, 0.05) is 18.3 Å². The molecule has 3 aromatic heterocycles. The number of H-pyrrole nitrogens is 1. The van der Waals surface area contributed by atoms with Crippen LogP contribution in [0.2, 0.25) is 0 Å². The van der Waals surface area contributed by atoms with E-state index >= 15 is 0 Å². The predicted molar refractivity (Wildman–Crippen MR) is 91.0 cm³/mol. The fraction of sp³-hybridized carbons (Fsp3) is 0.125. The van der Waals surface area contributed by atoms with Crippen molar-refractivity contribution in [3.8, 4) is 0 Å². The number of hydrogen-bond donors (Lipinski definition) is 1. The van der Waals surface area contributed by atoms with Crippen LogP contribution in [0.25, 0.3) is 16.1 Å². The van der Waals surface area contributed by atoms with Gasteiger partial charge < -0.3 is 0 Å². The quantitative estimate of drug-likeness (QED) is 0.560. The van der Waals surface area contributed by atoms with Crippen LogP contribution in [0, 0.1) is 6.92 Å². The van der Waals surface area contributed by atoms with Crippen molar-refractivity contribution in [2.45, 2.75) is 6.92 Å². The lowest BCUT2D eigenvalue weighted by Gasteiger charge is -2.01. The summed E-state index contributed by atoms with van der Waals surface area (Å²) in [6, 6.07) is 8.95. The fourth-order valence-electron chi connectivity index (χ4n) is 2.74. The normalized spacial score (nSPS) is 11.4. The molecule has 1 aromatic carbocycles. The third-order valence-corrected chi connectivity index (χ3v) is 5.13. The molecule has 0 spiro atoms. The number of nitrogens with one attached hydrogen (secondary N) is 1. The summed E-state index contributed by atoms with van der Waals surface area (Å²) in [6.45, 7) is 1.77. The van der Waals surface area contributed by atoms with Crippen LogP contribution in [-0.2, 0) is 7.05 Å². The first-order valence-corrected chi connectivity index (χ1v) is 8.01. The molecular weight excluding hydrogens is 328 g/mol. The van der Waals surface area contributed by atoms with Gasteiger partial charge in [0.2, 0.25) is 5.78 Å². The van der Waals surface area contributed by atoms with Crippen LogP contribution < -0.4 is 11.2 Å². The van der Waals surface area contributed by atoms with Gasteiger partial charge in [0.05, 0.1) is 4.88 Å². The molecule has 0 saturated heterocycles. The van der Waals surface area contributed by atoms with Crippen molar-refractivity contribution in [3.63, 3.8) is 0 Å². The highest BCUT2D eigenvalue weighted by atomic mass is 32.1. The molecule has 0 aliphatic carbocycles. The van der Waals surface area contributed by atoms with Crippen LogP contribution in [-0.4, -0.2) is 24.7 Å². The van der Waals surface area contributed by atoms with E-state index in [2.05, 4.69) is 9.97 Å². The summed E-state index contributed by atoms with van der Waals surface area (Å²) in [4.78, 5) is 44.3. The lowest BCUT2D eigenvalue weighted by Crippen LogP contribution is -2.28. The minimum absolute atomic E-state index is 0.113. The van der Waals surface area contributed by atoms with Crippen molar-refractivity contribution < 1.29 is 4.79 Å². The smallest absolute Gasteiger partial charge is 0.288 e. The number of aryl methyl sites for hydroxylation is 2. The summed E-state index contributed by atoms with van der Waals surface area (Å²) in [5.74, 6) is -0.113. The van der Waals surface area contributed by atoms with E-state index < -0.39 is 11.2 Å². The summed E-state index contributed by atoms with van der Waals surface area (Å²) in [5.41, 5.74) is 0.757. The number of carbonyl (C=O) groups is 1. The second kappa shape index (κ2) is 5.00. The standard InChI is InChI=1S/C16H12N4O3S/c1-8-12(11(21)9-6-4-3-5-7-9)24-16-17-13-10(20(8)16)14(22)18-15(23)19(13)2/h3-7H,1-2H3,(H,18,22,23). The summed E-state index contributed by atoms with van der Waals surface area (Å²) in [5, 5.41) is 0. The first kappa shape index (κ1) is 14.6. The molecule has 1 N–H and O–H groups in total. The van der Waals surface area contributed by atoms with Gasteiger partial charge in [0.15, 0.2) is 16.1 Å². The van der Waals surface area contributed by atoms with Crippen molar-refractivity contribution >= 4 is 33.2 Å². The highest BCUT2D eigenvalue weighted by Crippen LogP contribution is 2.27. The topological polar surface area (TPSA) is 89.2 Å². The molecule has 0 radical (unpaired) electrons. The second-order valence-corrected chi connectivity index (χ2v) is 6.41. The molecule has 4 aromatic rings. The molecule has 0 saturated carbocycles. The van der Waals surface area contributed by atoms with Crippen LogP contribution in [0.15, 0.2) is 39.9 Å². The molecule has 0 aliphatic rings. The highest BCUT2D eigenvalue weighted by Gasteiger charge is 2.22. The van der Waals surface area contributed by atoms with Gasteiger partial charge in [-0.15, -0.1) is 0 Å². The first-order valence-electron chi connectivity index (χ1n) is 7.19. The fourth-order valence-corrected chi connectivity index (χ4v) is 3.82. The van der Waals surface area contributed by atoms with Crippen molar-refractivity contribution in [3.05, 3.63) is 67.3 Å². The number of rotatable bonds is 2. The summed E-state index contributed by atoms with van der Waals surface area (Å²) in [7, 11) is 1.54. The maximum Gasteiger partial charge on any atom is 0.329 e. The number of hydrogen-bond acceptors (Lipinski definition) is 5. The largest absolute Gasteiger partial charge is 0.329 e. The van der Waals surface area contributed by atoms with Gasteiger partial charge in [0.1, 0.15) is 0 Å². The Labute approximate surface area is 138 Å². The van der Waals surface area contributed by atoms with Gasteiger partial charge >= 0.3 is 5.69 Å². The van der Waals surface area contributed by atoms with Gasteiger partial charge in [-0.2, -0.15) is 0 Å². The lowest BCUT2D eigenvalue weighted by molar-refractivity contribution is 0.104. The van der Waals surface area contributed by atoms with E-state index in [-0.39, 0.29) is 11.3 Å². The summed E-state index contributed by atoms with van der Waals surface area (Å²) >= 11 is 1.21. The summed E-state index contributed by atoms with van der Waals surface area (Å²) in [6.07, 6.45) is 0. The molecule has 0 bridgehead atoms. The molecule has 24 heavy (non-hydrogen) atoms. The number of nitrogens with zero attached hydrogens (tertiary/aromatic N) is 3. The molecule has 0 fully saturated rings. The number of ketones is 1. The number of benzene rings is 1. The third-order valence-electron chi connectivity index (χ3n) is 3.99. The number of aromatic amines is 1. The van der Waals surface area contributed by atoms with E-state index in [0.29, 0.717) is 26.7 Å². The Kier molecular flexibility index (Phi) is 3.04. The zero-order valence-electron chi connectivity index (χ0n) is 12.9.